The van der Waals surface area contributed by atoms with Crippen LogP contribution < -0.4 is 18.9 Å². The molecule has 0 aliphatic carbocycles. The van der Waals surface area contributed by atoms with Crippen molar-refractivity contribution in [3.8, 4) is 23.0 Å². The molecule has 11 aromatic rings. The zero-order valence-corrected chi connectivity index (χ0v) is 59.3. The molecule has 0 bridgehead atoms. The number of hydrogen-bond donors (Lipinski definition) is 0. The third kappa shape index (κ3) is 19.1. The third-order valence-electron chi connectivity index (χ3n) is 18.4. The van der Waals surface area contributed by atoms with E-state index < -0.39 is 73.0 Å². The highest BCUT2D eigenvalue weighted by Crippen LogP contribution is 2.45. The molecule has 0 saturated carbocycles. The molecule has 10 atom stereocenters. The lowest BCUT2D eigenvalue weighted by atomic mass is 9.89. The number of hydrogen-bond acceptors (Lipinski definition) is 20. The van der Waals surface area contributed by atoms with Gasteiger partial charge in [0.25, 0.3) is 0 Å². The van der Waals surface area contributed by atoms with Gasteiger partial charge in [0.1, 0.15) is 109 Å². The summed E-state index contributed by atoms with van der Waals surface area (Å²) in [6.45, 7) is 1.15. The molecule has 546 valence electrons. The second kappa shape index (κ2) is 36.7. The van der Waals surface area contributed by atoms with Crippen molar-refractivity contribution in [3.05, 3.63) is 322 Å². The van der Waals surface area contributed by atoms with Gasteiger partial charge in [-0.05, 0) is 88.0 Å². The van der Waals surface area contributed by atoms with Crippen LogP contribution in [-0.4, -0.2) is 119 Å². The maximum atomic E-state index is 13.9. The van der Waals surface area contributed by atoms with Gasteiger partial charge in [-0.3, -0.25) is 0 Å². The van der Waals surface area contributed by atoms with Crippen LogP contribution in [0, 0.1) is 0 Å². The summed E-state index contributed by atoms with van der Waals surface area (Å²) in [4.78, 5) is 27.8. The van der Waals surface area contributed by atoms with E-state index >= 15 is 0 Å². The smallest absolute Gasteiger partial charge is 0.338 e. The van der Waals surface area contributed by atoms with E-state index in [9.17, 15) is 9.59 Å². The normalized spacial score (nSPS) is 19.9. The lowest BCUT2D eigenvalue weighted by Crippen LogP contribution is -2.58. The van der Waals surface area contributed by atoms with Gasteiger partial charge in [0.05, 0.1) is 105 Å². The molecule has 2 fully saturated rings. The molecular formula is C84H84N6O16. The van der Waals surface area contributed by atoms with E-state index in [-0.39, 0.29) is 77.1 Å². The van der Waals surface area contributed by atoms with Gasteiger partial charge < -0.3 is 66.3 Å². The summed E-state index contributed by atoms with van der Waals surface area (Å²) in [5.41, 5.74) is 7.96. The van der Waals surface area contributed by atoms with Gasteiger partial charge in [-0.25, -0.2) is 19.0 Å². The van der Waals surface area contributed by atoms with E-state index in [1.54, 1.807) is 68.4 Å². The highest BCUT2D eigenvalue weighted by molar-refractivity contribution is 5.95. The van der Waals surface area contributed by atoms with Gasteiger partial charge >= 0.3 is 11.9 Å². The average molecular weight is 1430 g/mol. The van der Waals surface area contributed by atoms with Crippen molar-refractivity contribution in [1.29, 1.82) is 0 Å². The second-order valence-corrected chi connectivity index (χ2v) is 25.6. The maximum absolute atomic E-state index is 13.9. The largest absolute Gasteiger partial charge is 0.497 e. The van der Waals surface area contributed by atoms with E-state index in [2.05, 4.69) is 20.6 Å². The molecule has 2 aliphatic heterocycles. The molecule has 2 aliphatic rings. The standard InChI is InChI=1S/C84H84N6O16/c1-93-67-38-40-71(95-3)69(43-67)75-79(99-51-59-28-15-7-16-29-59)81(101-53-61-32-19-9-20-33-61)77(97-49-57-24-11-5-12-25-57)73(105-75)47-89-45-65(85-87-89)55-103-83(91)63-36-23-37-64(42-63)84(92)104-56-66-46-90(88-86-66)48-74-78(98-50-58-26-13-6-14-27-58)82(102-54-62-34-21-10-22-35-62)80(100-52-60-30-17-8-18-31-60)76(106-74)70-44-68(94-2)39-41-72(70)96-4/h5-46,73-82H,47-56H2,1-4H3/t73-,74-,75+,76+,77+,78+,79+,80+,81+,82+/m1/s1. The Morgan fingerprint density at radius 3 is 0.962 bits per heavy atom. The molecule has 2 aromatic heterocycles. The minimum absolute atomic E-state index is 0.103. The van der Waals surface area contributed by atoms with Gasteiger partial charge in [-0.2, -0.15) is 0 Å². The summed E-state index contributed by atoms with van der Waals surface area (Å²) in [7, 11) is 6.43. The van der Waals surface area contributed by atoms with Crippen molar-refractivity contribution < 1.29 is 75.9 Å². The van der Waals surface area contributed by atoms with Gasteiger partial charge in [-0.15, -0.1) is 10.2 Å². The van der Waals surface area contributed by atoms with Crippen LogP contribution in [0.3, 0.4) is 0 Å². The molecule has 22 nitrogen and oxygen atoms in total. The first kappa shape index (κ1) is 73.4. The molecule has 2 saturated heterocycles. The van der Waals surface area contributed by atoms with Gasteiger partial charge in [0.2, 0.25) is 0 Å². The topological polar surface area (TPSA) is 225 Å². The molecule has 0 radical (unpaired) electrons. The predicted molar refractivity (Wildman–Crippen MR) is 389 cm³/mol. The van der Waals surface area contributed by atoms with Crippen LogP contribution in [0.4, 0.5) is 0 Å². The molecule has 0 unspecified atom stereocenters. The van der Waals surface area contributed by atoms with Crippen molar-refractivity contribution in [3.63, 3.8) is 0 Å². The zero-order valence-electron chi connectivity index (χ0n) is 59.3. The van der Waals surface area contributed by atoms with Crippen LogP contribution in [0.5, 0.6) is 23.0 Å². The van der Waals surface area contributed by atoms with Gasteiger partial charge in [0.15, 0.2) is 0 Å². The Morgan fingerprint density at radius 2 is 0.651 bits per heavy atom. The molecule has 0 N–H and O–H groups in total. The lowest BCUT2D eigenvalue weighted by Gasteiger charge is -2.46. The van der Waals surface area contributed by atoms with Gasteiger partial charge in [0, 0.05) is 11.1 Å². The van der Waals surface area contributed by atoms with E-state index in [4.69, 9.17) is 66.3 Å². The van der Waals surface area contributed by atoms with Crippen molar-refractivity contribution >= 4 is 11.9 Å². The first-order valence-electron chi connectivity index (χ1n) is 35.1. The van der Waals surface area contributed by atoms with E-state index in [0.29, 0.717) is 45.5 Å². The first-order chi connectivity index (χ1) is 52.1. The summed E-state index contributed by atoms with van der Waals surface area (Å²) in [6, 6.07) is 76.6. The zero-order chi connectivity index (χ0) is 72.8. The van der Waals surface area contributed by atoms with Crippen molar-refractivity contribution in [2.45, 2.75) is 127 Å². The molecule has 13 rings (SSSR count). The Morgan fingerprint density at radius 1 is 0.340 bits per heavy atom. The molecular weight excluding hydrogens is 1350 g/mol. The molecule has 4 heterocycles. The van der Waals surface area contributed by atoms with Crippen molar-refractivity contribution in [2.24, 2.45) is 0 Å². The Hall–Kier alpha value is -10.9. The third-order valence-corrected chi connectivity index (χ3v) is 18.4. The maximum Gasteiger partial charge on any atom is 0.338 e. The van der Waals surface area contributed by atoms with E-state index in [1.807, 2.05) is 218 Å². The lowest BCUT2D eigenvalue weighted by molar-refractivity contribution is -0.270. The van der Waals surface area contributed by atoms with Crippen LogP contribution in [0.1, 0.15) is 88.8 Å². The number of carbonyl (C=O) groups excluding carboxylic acids is 2. The van der Waals surface area contributed by atoms with E-state index in [0.717, 1.165) is 33.4 Å². The molecule has 0 amide bonds. The highest BCUT2D eigenvalue weighted by atomic mass is 16.6. The number of benzene rings is 9. The van der Waals surface area contributed by atoms with Crippen molar-refractivity contribution in [1.82, 2.24) is 30.0 Å². The minimum atomic E-state index is -0.788. The van der Waals surface area contributed by atoms with Crippen molar-refractivity contribution in [2.75, 3.05) is 28.4 Å². The molecule has 9 aromatic carbocycles. The van der Waals surface area contributed by atoms with Crippen LogP contribution in [0.25, 0.3) is 0 Å². The number of esters is 2. The molecule has 106 heavy (non-hydrogen) atoms. The van der Waals surface area contributed by atoms with Crippen LogP contribution in [-0.2, 0) is 113 Å². The quantitative estimate of drug-likeness (QED) is 0.0342. The number of nitrogens with zero attached hydrogens (tertiary/aromatic N) is 6. The Kier molecular flexibility index (Phi) is 25.4. The Labute approximate surface area is 615 Å². The Balaban J connectivity index is 0.701. The molecule has 22 heteroatoms. The summed E-state index contributed by atoms with van der Waals surface area (Å²) in [5.74, 6) is 0.875. The average Bonchev–Trinajstić information content (AvgIpc) is 0.782. The fraction of sp³-hybridized carbons (Fsp3) is 0.286. The minimum Gasteiger partial charge on any atom is -0.497 e. The Bertz CT molecular complexity index is 4260. The van der Waals surface area contributed by atoms with Crippen LogP contribution in [0.15, 0.2) is 255 Å². The summed E-state index contributed by atoms with van der Waals surface area (Å²) in [6.07, 6.45) is -4.17. The van der Waals surface area contributed by atoms with E-state index in [1.165, 1.54) is 6.07 Å². The number of rotatable bonds is 34. The predicted octanol–water partition coefficient (Wildman–Crippen LogP) is 13.4. The fourth-order valence-corrected chi connectivity index (χ4v) is 13.1. The number of methoxy groups -OCH3 is 4. The van der Waals surface area contributed by atoms with Crippen LogP contribution in [0.2, 0.25) is 0 Å². The highest BCUT2D eigenvalue weighted by Gasteiger charge is 2.52. The van der Waals surface area contributed by atoms with Gasteiger partial charge in [-0.1, -0.05) is 198 Å². The SMILES string of the molecule is COc1ccc(OC)c([C@@H]2O[C@H](Cn3cc(COC(=O)c4cccc(C(=O)OCc5cn(C[C@H]6O[C@@H](c7cc(OC)ccc7OC)[C@H](OCc7ccccc7)[C@@H](OCc7ccccc7)[C@H]6OCc6ccccc6)nn5)c4)nn3)[C@H](OCc3ccccc3)[C@H](OCc3ccccc3)[C@H]2OCc2ccccc2)c1. The summed E-state index contributed by atoms with van der Waals surface area (Å²) in [5, 5.41) is 17.8. The summed E-state index contributed by atoms with van der Waals surface area (Å²) >= 11 is 0. The molecule has 0 spiro atoms. The number of aromatic nitrogens is 6. The number of carbonyl (C=O) groups is 2. The monoisotopic (exact) mass is 1430 g/mol. The summed E-state index contributed by atoms with van der Waals surface area (Å²) < 4.78 is 94.9. The number of ether oxygens (including phenoxy) is 14. The first-order valence-corrected chi connectivity index (χ1v) is 35.1. The second-order valence-electron chi connectivity index (χ2n) is 25.6. The van der Waals surface area contributed by atoms with Crippen LogP contribution >= 0.6 is 0 Å². The fourth-order valence-electron chi connectivity index (χ4n) is 13.1.